The van der Waals surface area contributed by atoms with Crippen molar-refractivity contribution < 1.29 is 36.5 Å². The first-order chi connectivity index (χ1) is 14.6. The summed E-state index contributed by atoms with van der Waals surface area (Å²) in [6.45, 7) is 10.4. The van der Waals surface area contributed by atoms with Crippen molar-refractivity contribution in [2.75, 3.05) is 13.4 Å². The van der Waals surface area contributed by atoms with Crippen molar-refractivity contribution >= 4 is 28.1 Å². The monoisotopic (exact) mass is 478 g/mol. The summed E-state index contributed by atoms with van der Waals surface area (Å²) in [5.74, 6) is -2.67. The predicted octanol–water partition coefficient (Wildman–Crippen LogP) is 1.97. The van der Waals surface area contributed by atoms with E-state index in [1.807, 2.05) is 13.8 Å². The average molecular weight is 479 g/mol. The van der Waals surface area contributed by atoms with Crippen molar-refractivity contribution in [3.05, 3.63) is 0 Å². The second kappa shape index (κ2) is 11.3. The Labute approximate surface area is 191 Å². The zero-order valence-corrected chi connectivity index (χ0v) is 21.1. The van der Waals surface area contributed by atoms with E-state index in [4.69, 9.17) is 13.7 Å². The fourth-order valence-electron chi connectivity index (χ4n) is 4.41. The number of hydrogen-bond acceptors (Lipinski definition) is 8. The third kappa shape index (κ3) is 8.23. The minimum Gasteiger partial charge on any atom is -0.469 e. The van der Waals surface area contributed by atoms with Gasteiger partial charge in [-0.15, -0.1) is 0 Å². The summed E-state index contributed by atoms with van der Waals surface area (Å²) in [4.78, 5) is 37.2. The summed E-state index contributed by atoms with van der Waals surface area (Å²) in [5, 5.41) is 5.68. The van der Waals surface area contributed by atoms with Crippen LogP contribution in [-0.4, -0.2) is 63.5 Å². The Morgan fingerprint density at radius 3 is 2.09 bits per heavy atom. The Bertz CT molecular complexity index is 773. The SMILES string of the molecule is CCC(CC)[C@H](NC(C)=O)[C@@H]1[C@H](OS(C)(=O)=O)[C@@H](C(=O)OC)C[C@H]1NC(=O)OC(C)(C)C. The van der Waals surface area contributed by atoms with E-state index >= 15 is 0 Å². The van der Waals surface area contributed by atoms with Crippen molar-refractivity contribution in [2.24, 2.45) is 17.8 Å². The molecule has 0 aromatic heterocycles. The van der Waals surface area contributed by atoms with Gasteiger partial charge < -0.3 is 20.1 Å². The summed E-state index contributed by atoms with van der Waals surface area (Å²) in [6, 6.07) is -1.25. The third-order valence-electron chi connectivity index (χ3n) is 5.58. The molecule has 1 rings (SSSR count). The summed E-state index contributed by atoms with van der Waals surface area (Å²) in [5.41, 5.74) is -0.755. The van der Waals surface area contributed by atoms with Gasteiger partial charge in [0.05, 0.1) is 25.4 Å². The summed E-state index contributed by atoms with van der Waals surface area (Å²) in [7, 11) is -2.76. The third-order valence-corrected chi connectivity index (χ3v) is 6.15. The molecule has 2 amide bonds. The largest absolute Gasteiger partial charge is 0.469 e. The highest BCUT2D eigenvalue weighted by atomic mass is 32.2. The zero-order chi connectivity index (χ0) is 24.9. The van der Waals surface area contributed by atoms with E-state index in [-0.39, 0.29) is 18.2 Å². The van der Waals surface area contributed by atoms with Gasteiger partial charge in [0.25, 0.3) is 10.1 Å². The second-order valence-corrected chi connectivity index (χ2v) is 10.9. The first-order valence-electron chi connectivity index (χ1n) is 10.9. The van der Waals surface area contributed by atoms with E-state index < -0.39 is 57.8 Å². The van der Waals surface area contributed by atoms with Crippen LogP contribution in [0.5, 0.6) is 0 Å². The highest BCUT2D eigenvalue weighted by Gasteiger charge is 2.54. The molecule has 0 bridgehead atoms. The first-order valence-corrected chi connectivity index (χ1v) is 12.7. The van der Waals surface area contributed by atoms with Crippen LogP contribution in [0.3, 0.4) is 0 Å². The lowest BCUT2D eigenvalue weighted by Crippen LogP contribution is -2.55. The van der Waals surface area contributed by atoms with Crippen LogP contribution in [0.4, 0.5) is 4.79 Å². The molecule has 0 aromatic carbocycles. The van der Waals surface area contributed by atoms with Crippen molar-refractivity contribution in [2.45, 2.75) is 84.6 Å². The number of amides is 2. The van der Waals surface area contributed by atoms with Gasteiger partial charge in [-0.3, -0.25) is 13.8 Å². The maximum atomic E-state index is 12.6. The number of carbonyl (C=O) groups excluding carboxylic acids is 3. The Balaban J connectivity index is 3.52. The number of nitrogens with one attached hydrogen (secondary N) is 2. The van der Waals surface area contributed by atoms with Crippen LogP contribution in [0.25, 0.3) is 0 Å². The zero-order valence-electron chi connectivity index (χ0n) is 20.3. The molecule has 0 saturated heterocycles. The molecule has 1 fully saturated rings. The molecule has 5 atom stereocenters. The highest BCUT2D eigenvalue weighted by molar-refractivity contribution is 7.86. The number of ether oxygens (including phenoxy) is 2. The van der Waals surface area contributed by atoms with Crippen LogP contribution in [0, 0.1) is 17.8 Å². The van der Waals surface area contributed by atoms with Gasteiger partial charge in [0.1, 0.15) is 5.60 Å². The quantitative estimate of drug-likeness (QED) is 0.379. The van der Waals surface area contributed by atoms with Gasteiger partial charge >= 0.3 is 12.1 Å². The van der Waals surface area contributed by atoms with E-state index in [1.165, 1.54) is 14.0 Å². The Morgan fingerprint density at radius 2 is 1.69 bits per heavy atom. The van der Waals surface area contributed by atoms with E-state index in [2.05, 4.69) is 10.6 Å². The van der Waals surface area contributed by atoms with Crippen molar-refractivity contribution in [1.29, 1.82) is 0 Å². The molecule has 11 heteroatoms. The summed E-state index contributed by atoms with van der Waals surface area (Å²) in [6.07, 6.45) is 0.513. The fourth-order valence-corrected chi connectivity index (χ4v) is 5.07. The molecule has 0 aliphatic heterocycles. The topological polar surface area (TPSA) is 137 Å². The lowest BCUT2D eigenvalue weighted by molar-refractivity contribution is -0.148. The molecule has 0 aromatic rings. The van der Waals surface area contributed by atoms with Gasteiger partial charge in [0.15, 0.2) is 0 Å². The molecule has 1 aliphatic rings. The Hall–Kier alpha value is -1.88. The van der Waals surface area contributed by atoms with E-state index in [0.717, 1.165) is 6.26 Å². The minimum absolute atomic E-state index is 0.0473. The highest BCUT2D eigenvalue weighted by Crippen LogP contribution is 2.41. The lowest BCUT2D eigenvalue weighted by atomic mass is 9.80. The smallest absolute Gasteiger partial charge is 0.407 e. The molecule has 0 unspecified atom stereocenters. The van der Waals surface area contributed by atoms with Gasteiger partial charge in [0, 0.05) is 24.9 Å². The molecular weight excluding hydrogens is 440 g/mol. The van der Waals surface area contributed by atoms with Crippen LogP contribution in [0.2, 0.25) is 0 Å². The normalized spacial score (nSPS) is 24.7. The number of alkyl carbamates (subject to hydrolysis) is 1. The maximum Gasteiger partial charge on any atom is 0.407 e. The fraction of sp³-hybridized carbons (Fsp3) is 0.857. The summed E-state index contributed by atoms with van der Waals surface area (Å²) < 4.78 is 39.8. The molecule has 2 N–H and O–H groups in total. The average Bonchev–Trinajstić information content (AvgIpc) is 2.94. The van der Waals surface area contributed by atoms with Crippen molar-refractivity contribution in [1.82, 2.24) is 10.6 Å². The van der Waals surface area contributed by atoms with Crippen LogP contribution in [0.15, 0.2) is 0 Å². The van der Waals surface area contributed by atoms with Gasteiger partial charge in [-0.25, -0.2) is 4.79 Å². The maximum absolute atomic E-state index is 12.6. The molecular formula is C21H38N2O8S. The van der Waals surface area contributed by atoms with Gasteiger partial charge in [0.2, 0.25) is 5.91 Å². The predicted molar refractivity (Wildman–Crippen MR) is 118 cm³/mol. The van der Waals surface area contributed by atoms with E-state index in [1.54, 1.807) is 20.8 Å². The second-order valence-electron chi connectivity index (χ2n) is 9.26. The molecule has 10 nitrogen and oxygen atoms in total. The number of esters is 1. The number of rotatable bonds is 9. The van der Waals surface area contributed by atoms with Gasteiger partial charge in [-0.05, 0) is 33.1 Å². The van der Waals surface area contributed by atoms with Gasteiger partial charge in [-0.2, -0.15) is 8.42 Å². The van der Waals surface area contributed by atoms with Crippen LogP contribution in [-0.2, 0) is 33.4 Å². The lowest BCUT2D eigenvalue weighted by Gasteiger charge is -2.37. The standard InChI is InChI=1S/C21H38N2O8S/c1-9-13(10-2)17(22-12(3)24)16-15(23-20(26)30-21(4,5)6)11-14(19(25)29-7)18(16)31-32(8,27)28/h13-18H,9-11H2,1-8H3,(H,22,24)(H,23,26)/t14-,15+,16+,17-,18+/m0/s1. The summed E-state index contributed by atoms with van der Waals surface area (Å²) >= 11 is 0. The number of carbonyl (C=O) groups is 3. The van der Waals surface area contributed by atoms with Crippen molar-refractivity contribution in [3.63, 3.8) is 0 Å². The van der Waals surface area contributed by atoms with Crippen LogP contribution < -0.4 is 10.6 Å². The molecule has 186 valence electrons. The van der Waals surface area contributed by atoms with E-state index in [0.29, 0.717) is 12.8 Å². The molecule has 1 saturated carbocycles. The van der Waals surface area contributed by atoms with E-state index in [9.17, 15) is 22.8 Å². The van der Waals surface area contributed by atoms with Crippen LogP contribution >= 0.6 is 0 Å². The molecule has 32 heavy (non-hydrogen) atoms. The Kier molecular flexibility index (Phi) is 9.95. The minimum atomic E-state index is -3.96. The molecule has 1 aliphatic carbocycles. The Morgan fingerprint density at radius 1 is 1.12 bits per heavy atom. The molecule has 0 radical (unpaired) electrons. The number of methoxy groups -OCH3 is 1. The van der Waals surface area contributed by atoms with Gasteiger partial charge in [-0.1, -0.05) is 26.7 Å². The number of hydrogen-bond donors (Lipinski definition) is 2. The molecule has 0 spiro atoms. The van der Waals surface area contributed by atoms with Crippen molar-refractivity contribution in [3.8, 4) is 0 Å². The molecule has 0 heterocycles. The first kappa shape index (κ1) is 28.2. The van der Waals surface area contributed by atoms with Crippen LogP contribution in [0.1, 0.15) is 60.8 Å².